The molecule has 0 unspecified atom stereocenters. The molecule has 0 N–H and O–H groups in total. The Labute approximate surface area is 136 Å². The predicted molar refractivity (Wildman–Crippen MR) is 91.9 cm³/mol. The number of fused-ring (bicyclic) bond motifs is 1. The molecule has 0 bridgehead atoms. The minimum atomic E-state index is -0.280. The molecule has 1 heterocycles. The van der Waals surface area contributed by atoms with Crippen molar-refractivity contribution in [2.24, 2.45) is 12.0 Å². The van der Waals surface area contributed by atoms with Gasteiger partial charge in [0.1, 0.15) is 0 Å². The van der Waals surface area contributed by atoms with Gasteiger partial charge >= 0.3 is 0 Å². The van der Waals surface area contributed by atoms with E-state index in [1.165, 1.54) is 17.4 Å². The molecule has 3 nitrogen and oxygen atoms in total. The maximum atomic E-state index is 12.0. The van der Waals surface area contributed by atoms with E-state index in [1.807, 2.05) is 60.1 Å². The lowest BCUT2D eigenvalue weighted by Crippen LogP contribution is -2.12. The molecule has 0 spiro atoms. The number of benzene rings is 2. The maximum Gasteiger partial charge on any atom is 0.272 e. The fourth-order valence-corrected chi connectivity index (χ4v) is 3.38. The standard InChI is InChI=1S/C17H13ClN2OS/c1-20-14-9-8-13(18)11-15(14)22-17(20)19-16(21)10-7-12-5-3-2-4-6-12/h2-11H,1H3. The van der Waals surface area contributed by atoms with Crippen molar-refractivity contribution in [1.29, 1.82) is 0 Å². The first-order chi connectivity index (χ1) is 10.6. The number of nitrogens with zero attached hydrogens (tertiary/aromatic N) is 2. The van der Waals surface area contributed by atoms with E-state index in [0.29, 0.717) is 9.82 Å². The van der Waals surface area contributed by atoms with Crippen LogP contribution in [0.3, 0.4) is 0 Å². The van der Waals surface area contributed by atoms with Gasteiger partial charge in [0.2, 0.25) is 0 Å². The topological polar surface area (TPSA) is 34.4 Å². The van der Waals surface area contributed by atoms with Gasteiger partial charge in [0.05, 0.1) is 10.2 Å². The molecule has 1 aromatic heterocycles. The summed E-state index contributed by atoms with van der Waals surface area (Å²) in [5.41, 5.74) is 1.98. The van der Waals surface area contributed by atoms with Gasteiger partial charge in [0, 0.05) is 18.1 Å². The molecule has 0 saturated heterocycles. The molecule has 110 valence electrons. The number of carbonyl (C=O) groups is 1. The summed E-state index contributed by atoms with van der Waals surface area (Å²) < 4.78 is 2.90. The average molecular weight is 329 g/mol. The molecule has 5 heteroatoms. The number of aromatic nitrogens is 1. The van der Waals surface area contributed by atoms with Crippen LogP contribution in [0.2, 0.25) is 5.02 Å². The third-order valence-electron chi connectivity index (χ3n) is 3.20. The first-order valence-corrected chi connectivity index (χ1v) is 7.90. The number of hydrogen-bond acceptors (Lipinski definition) is 2. The van der Waals surface area contributed by atoms with Crippen molar-refractivity contribution in [2.75, 3.05) is 0 Å². The summed E-state index contributed by atoms with van der Waals surface area (Å²) in [7, 11) is 1.89. The maximum absolute atomic E-state index is 12.0. The molecule has 3 aromatic rings. The van der Waals surface area contributed by atoms with Crippen molar-refractivity contribution in [3.63, 3.8) is 0 Å². The summed E-state index contributed by atoms with van der Waals surface area (Å²) >= 11 is 7.44. The summed E-state index contributed by atoms with van der Waals surface area (Å²) in [6.45, 7) is 0. The predicted octanol–water partition coefficient (Wildman–Crippen LogP) is 4.03. The summed E-state index contributed by atoms with van der Waals surface area (Å²) in [5.74, 6) is -0.280. The lowest BCUT2D eigenvalue weighted by atomic mass is 10.2. The highest BCUT2D eigenvalue weighted by atomic mass is 35.5. The van der Waals surface area contributed by atoms with Crippen LogP contribution in [0.4, 0.5) is 0 Å². The van der Waals surface area contributed by atoms with Crippen molar-refractivity contribution in [1.82, 2.24) is 4.57 Å². The minimum Gasteiger partial charge on any atom is -0.319 e. The average Bonchev–Trinajstić information content (AvgIpc) is 2.82. The van der Waals surface area contributed by atoms with Crippen molar-refractivity contribution >= 4 is 45.1 Å². The van der Waals surface area contributed by atoms with Crippen LogP contribution >= 0.6 is 22.9 Å². The fraction of sp³-hybridized carbons (Fsp3) is 0.0588. The highest BCUT2D eigenvalue weighted by molar-refractivity contribution is 7.16. The quantitative estimate of drug-likeness (QED) is 0.654. The molecule has 0 aliphatic carbocycles. The van der Waals surface area contributed by atoms with Crippen LogP contribution < -0.4 is 4.80 Å². The van der Waals surface area contributed by atoms with Crippen LogP contribution in [0.25, 0.3) is 16.3 Å². The number of rotatable bonds is 2. The van der Waals surface area contributed by atoms with Crippen molar-refractivity contribution in [3.8, 4) is 0 Å². The molecular weight excluding hydrogens is 316 g/mol. The summed E-state index contributed by atoms with van der Waals surface area (Å²) in [6, 6.07) is 15.3. The molecule has 22 heavy (non-hydrogen) atoms. The van der Waals surface area contributed by atoms with Crippen LogP contribution in [0.1, 0.15) is 5.56 Å². The van der Waals surface area contributed by atoms with E-state index in [1.54, 1.807) is 6.08 Å². The summed E-state index contributed by atoms with van der Waals surface area (Å²) in [5, 5.41) is 0.677. The molecule has 0 aliphatic rings. The third kappa shape index (κ3) is 3.18. The van der Waals surface area contributed by atoms with E-state index in [9.17, 15) is 4.79 Å². The summed E-state index contributed by atoms with van der Waals surface area (Å²) in [4.78, 5) is 16.8. The molecule has 3 rings (SSSR count). The Morgan fingerprint density at radius 3 is 2.77 bits per heavy atom. The van der Waals surface area contributed by atoms with E-state index in [-0.39, 0.29) is 5.91 Å². The minimum absolute atomic E-state index is 0.280. The Hall–Kier alpha value is -2.17. The van der Waals surface area contributed by atoms with Gasteiger partial charge in [-0.3, -0.25) is 4.79 Å². The SMILES string of the molecule is Cn1c(=NC(=O)C=Cc2ccccc2)sc2cc(Cl)ccc21. The molecule has 0 aliphatic heterocycles. The van der Waals surface area contributed by atoms with Crippen LogP contribution in [0.15, 0.2) is 59.6 Å². The number of thiazole rings is 1. The van der Waals surface area contributed by atoms with E-state index in [2.05, 4.69) is 4.99 Å². The zero-order valence-electron chi connectivity index (χ0n) is 11.9. The first-order valence-electron chi connectivity index (χ1n) is 6.70. The second kappa shape index (κ2) is 6.30. The number of carbonyl (C=O) groups excluding carboxylic acids is 1. The van der Waals surface area contributed by atoms with E-state index >= 15 is 0 Å². The fourth-order valence-electron chi connectivity index (χ4n) is 2.08. The van der Waals surface area contributed by atoms with Crippen molar-refractivity contribution in [3.05, 3.63) is 70.0 Å². The van der Waals surface area contributed by atoms with Gasteiger partial charge in [-0.2, -0.15) is 4.99 Å². The zero-order valence-corrected chi connectivity index (χ0v) is 13.4. The molecule has 0 atom stereocenters. The zero-order chi connectivity index (χ0) is 15.5. The van der Waals surface area contributed by atoms with Gasteiger partial charge in [-0.25, -0.2) is 0 Å². The van der Waals surface area contributed by atoms with Gasteiger partial charge < -0.3 is 4.57 Å². The normalized spacial score (nSPS) is 12.4. The highest BCUT2D eigenvalue weighted by Crippen LogP contribution is 2.20. The smallest absolute Gasteiger partial charge is 0.272 e. The van der Waals surface area contributed by atoms with Crippen LogP contribution in [0.5, 0.6) is 0 Å². The van der Waals surface area contributed by atoms with E-state index in [4.69, 9.17) is 11.6 Å². The Kier molecular flexibility index (Phi) is 4.22. The molecular formula is C17H13ClN2OS. The lowest BCUT2D eigenvalue weighted by molar-refractivity contribution is -0.113. The lowest BCUT2D eigenvalue weighted by Gasteiger charge is -1.94. The number of aryl methyl sites for hydroxylation is 1. The molecule has 0 saturated carbocycles. The Morgan fingerprint density at radius 1 is 1.23 bits per heavy atom. The van der Waals surface area contributed by atoms with Crippen LogP contribution in [-0.2, 0) is 11.8 Å². The third-order valence-corrected chi connectivity index (χ3v) is 4.52. The monoisotopic (exact) mass is 328 g/mol. The van der Waals surface area contributed by atoms with Gasteiger partial charge in [-0.05, 0) is 29.8 Å². The second-order valence-corrected chi connectivity index (χ2v) is 6.20. The highest BCUT2D eigenvalue weighted by Gasteiger charge is 2.04. The molecule has 2 aromatic carbocycles. The van der Waals surface area contributed by atoms with Crippen molar-refractivity contribution in [2.45, 2.75) is 0 Å². The first kappa shape index (κ1) is 14.8. The van der Waals surface area contributed by atoms with Crippen LogP contribution in [0, 0.1) is 0 Å². The number of amides is 1. The largest absolute Gasteiger partial charge is 0.319 e. The van der Waals surface area contributed by atoms with Gasteiger partial charge in [0.25, 0.3) is 5.91 Å². The molecule has 0 fully saturated rings. The summed E-state index contributed by atoms with van der Waals surface area (Å²) in [6.07, 6.45) is 3.24. The Balaban J connectivity index is 1.93. The second-order valence-electron chi connectivity index (χ2n) is 4.75. The Bertz CT molecular complexity index is 923. The Morgan fingerprint density at radius 2 is 2.00 bits per heavy atom. The van der Waals surface area contributed by atoms with Gasteiger partial charge in [-0.1, -0.05) is 53.3 Å². The number of hydrogen-bond donors (Lipinski definition) is 0. The number of halogens is 1. The van der Waals surface area contributed by atoms with Crippen molar-refractivity contribution < 1.29 is 4.79 Å². The van der Waals surface area contributed by atoms with Gasteiger partial charge in [-0.15, -0.1) is 0 Å². The molecule has 1 amide bonds. The molecule has 0 radical (unpaired) electrons. The van der Waals surface area contributed by atoms with E-state index in [0.717, 1.165) is 15.8 Å². The van der Waals surface area contributed by atoms with Gasteiger partial charge in [0.15, 0.2) is 4.80 Å². The van der Waals surface area contributed by atoms with E-state index < -0.39 is 0 Å². The van der Waals surface area contributed by atoms with Crippen LogP contribution in [-0.4, -0.2) is 10.5 Å².